The number of fused-ring (bicyclic) bond motifs is 1. The Kier molecular flexibility index (Phi) is 7.16. The Morgan fingerprint density at radius 1 is 1.34 bits per heavy atom. The van der Waals surface area contributed by atoms with Gasteiger partial charge < -0.3 is 19.8 Å². The maximum atomic E-state index is 12.4. The third kappa shape index (κ3) is 5.30. The van der Waals surface area contributed by atoms with Gasteiger partial charge in [0.2, 0.25) is 5.91 Å². The summed E-state index contributed by atoms with van der Waals surface area (Å²) in [5.74, 6) is 1.06. The van der Waals surface area contributed by atoms with Gasteiger partial charge in [-0.05, 0) is 25.1 Å². The standard InChI is InChI=1S/C20H26N4O4S/c1-4-8-24-9-7-15-14(11-24)19(26)23-20(22-15)29-12-18(25)21-16-6-5-13(27-2)10-17(16)28-3/h5-6,10H,4,7-9,11-12H2,1-3H3,(H,21,25)(H,22,23,26). The van der Waals surface area contributed by atoms with E-state index in [4.69, 9.17) is 9.47 Å². The van der Waals surface area contributed by atoms with Crippen molar-refractivity contribution >= 4 is 23.4 Å². The number of thioether (sulfide) groups is 1. The van der Waals surface area contributed by atoms with Gasteiger partial charge in [0.05, 0.1) is 36.9 Å². The molecule has 0 fully saturated rings. The maximum Gasteiger partial charge on any atom is 0.256 e. The van der Waals surface area contributed by atoms with Crippen molar-refractivity contribution in [2.24, 2.45) is 0 Å². The second kappa shape index (κ2) is 9.80. The highest BCUT2D eigenvalue weighted by Crippen LogP contribution is 2.29. The molecule has 0 spiro atoms. The number of benzene rings is 1. The predicted octanol–water partition coefficient (Wildman–Crippen LogP) is 2.29. The summed E-state index contributed by atoms with van der Waals surface area (Å²) in [6, 6.07) is 5.17. The number of ether oxygens (including phenoxy) is 2. The van der Waals surface area contributed by atoms with E-state index < -0.39 is 0 Å². The Hall–Kier alpha value is -2.52. The number of hydrogen-bond acceptors (Lipinski definition) is 7. The molecule has 2 N–H and O–H groups in total. The van der Waals surface area contributed by atoms with E-state index in [2.05, 4.69) is 27.1 Å². The van der Waals surface area contributed by atoms with Gasteiger partial charge in [-0.1, -0.05) is 18.7 Å². The topological polar surface area (TPSA) is 96.6 Å². The zero-order chi connectivity index (χ0) is 20.8. The Bertz CT molecular complexity index is 931. The molecule has 29 heavy (non-hydrogen) atoms. The molecule has 3 rings (SSSR count). The van der Waals surface area contributed by atoms with Gasteiger partial charge in [0.15, 0.2) is 5.16 Å². The highest BCUT2D eigenvalue weighted by atomic mass is 32.2. The lowest BCUT2D eigenvalue weighted by Gasteiger charge is -2.27. The zero-order valence-electron chi connectivity index (χ0n) is 16.9. The van der Waals surface area contributed by atoms with Crippen LogP contribution < -0.4 is 20.3 Å². The van der Waals surface area contributed by atoms with Crippen molar-refractivity contribution in [3.8, 4) is 11.5 Å². The number of nitrogens with one attached hydrogen (secondary N) is 2. The van der Waals surface area contributed by atoms with E-state index in [-0.39, 0.29) is 17.2 Å². The SMILES string of the molecule is CCCN1CCc2nc(SCC(=O)Nc3ccc(OC)cc3OC)[nH]c(=O)c2C1. The van der Waals surface area contributed by atoms with E-state index in [1.807, 2.05) is 0 Å². The molecule has 8 nitrogen and oxygen atoms in total. The molecule has 0 atom stereocenters. The molecule has 0 radical (unpaired) electrons. The zero-order valence-corrected chi connectivity index (χ0v) is 17.7. The van der Waals surface area contributed by atoms with Crippen LogP contribution in [0, 0.1) is 0 Å². The second-order valence-corrected chi connectivity index (χ2v) is 7.69. The Morgan fingerprint density at radius 3 is 2.90 bits per heavy atom. The summed E-state index contributed by atoms with van der Waals surface area (Å²) in [4.78, 5) is 34.4. The van der Waals surface area contributed by atoms with Crippen molar-refractivity contribution in [2.45, 2.75) is 31.5 Å². The fourth-order valence-electron chi connectivity index (χ4n) is 3.26. The summed E-state index contributed by atoms with van der Waals surface area (Å²) in [5.41, 5.74) is 2.01. The van der Waals surface area contributed by atoms with E-state index in [0.717, 1.165) is 37.2 Å². The monoisotopic (exact) mass is 418 g/mol. The number of H-pyrrole nitrogens is 1. The number of aromatic nitrogens is 2. The van der Waals surface area contributed by atoms with Crippen LogP contribution >= 0.6 is 11.8 Å². The summed E-state index contributed by atoms with van der Waals surface area (Å²) in [6.07, 6.45) is 1.81. The quantitative estimate of drug-likeness (QED) is 0.501. The average molecular weight is 419 g/mol. The average Bonchev–Trinajstić information content (AvgIpc) is 2.73. The van der Waals surface area contributed by atoms with Gasteiger partial charge in [0.25, 0.3) is 5.56 Å². The van der Waals surface area contributed by atoms with Crippen LogP contribution in [0.4, 0.5) is 5.69 Å². The lowest BCUT2D eigenvalue weighted by Crippen LogP contribution is -2.36. The highest BCUT2D eigenvalue weighted by Gasteiger charge is 2.21. The first kappa shape index (κ1) is 21.2. The molecule has 0 aliphatic carbocycles. The van der Waals surface area contributed by atoms with Crippen molar-refractivity contribution in [1.82, 2.24) is 14.9 Å². The van der Waals surface area contributed by atoms with E-state index >= 15 is 0 Å². The summed E-state index contributed by atoms with van der Waals surface area (Å²) >= 11 is 1.21. The van der Waals surface area contributed by atoms with Gasteiger partial charge in [0.1, 0.15) is 11.5 Å². The van der Waals surface area contributed by atoms with Crippen LogP contribution in [0.15, 0.2) is 28.2 Å². The second-order valence-electron chi connectivity index (χ2n) is 6.73. The molecule has 1 aliphatic heterocycles. The molecule has 9 heteroatoms. The molecule has 0 unspecified atom stereocenters. The van der Waals surface area contributed by atoms with Crippen molar-refractivity contribution in [2.75, 3.05) is 38.4 Å². The third-order valence-corrected chi connectivity index (χ3v) is 5.56. The molecule has 1 aromatic carbocycles. The van der Waals surface area contributed by atoms with E-state index in [9.17, 15) is 9.59 Å². The first-order chi connectivity index (χ1) is 14.0. The summed E-state index contributed by atoms with van der Waals surface area (Å²) in [5, 5.41) is 3.28. The van der Waals surface area contributed by atoms with Crippen LogP contribution in [0.2, 0.25) is 0 Å². The number of hydrogen-bond donors (Lipinski definition) is 2. The molecule has 2 aromatic rings. The predicted molar refractivity (Wildman–Crippen MR) is 113 cm³/mol. The van der Waals surface area contributed by atoms with Gasteiger partial charge in [-0.15, -0.1) is 0 Å². The van der Waals surface area contributed by atoms with Gasteiger partial charge in [0, 0.05) is 25.6 Å². The van der Waals surface area contributed by atoms with E-state index in [0.29, 0.717) is 28.9 Å². The molecule has 0 saturated carbocycles. The molecule has 2 heterocycles. The number of anilines is 1. The third-order valence-electron chi connectivity index (χ3n) is 4.69. The van der Waals surface area contributed by atoms with E-state index in [1.54, 1.807) is 25.3 Å². The van der Waals surface area contributed by atoms with Gasteiger partial charge in [-0.3, -0.25) is 14.5 Å². The first-order valence-electron chi connectivity index (χ1n) is 9.53. The molecule has 1 aliphatic rings. The minimum Gasteiger partial charge on any atom is -0.497 e. The van der Waals surface area contributed by atoms with Crippen molar-refractivity contribution in [3.63, 3.8) is 0 Å². The number of carbonyl (C=O) groups is 1. The van der Waals surface area contributed by atoms with Crippen molar-refractivity contribution < 1.29 is 14.3 Å². The number of amides is 1. The first-order valence-corrected chi connectivity index (χ1v) is 10.5. The molecule has 1 aromatic heterocycles. The Morgan fingerprint density at radius 2 is 2.17 bits per heavy atom. The largest absolute Gasteiger partial charge is 0.497 e. The van der Waals surface area contributed by atoms with Crippen LogP contribution in [-0.2, 0) is 17.8 Å². The lowest BCUT2D eigenvalue weighted by atomic mass is 10.1. The molecular weight excluding hydrogens is 392 g/mol. The minimum atomic E-state index is -0.215. The number of aromatic amines is 1. The van der Waals surface area contributed by atoms with Crippen molar-refractivity contribution in [3.05, 3.63) is 39.8 Å². The number of methoxy groups -OCH3 is 2. The lowest BCUT2D eigenvalue weighted by molar-refractivity contribution is -0.113. The smallest absolute Gasteiger partial charge is 0.256 e. The van der Waals surface area contributed by atoms with Crippen LogP contribution in [0.3, 0.4) is 0 Å². The van der Waals surface area contributed by atoms with Gasteiger partial charge in [-0.25, -0.2) is 4.98 Å². The van der Waals surface area contributed by atoms with Crippen LogP contribution in [0.25, 0.3) is 0 Å². The summed E-state index contributed by atoms with van der Waals surface area (Å²) in [7, 11) is 3.10. The maximum absolute atomic E-state index is 12.4. The Labute approximate surface area is 174 Å². The molecule has 0 saturated heterocycles. The fraction of sp³-hybridized carbons (Fsp3) is 0.450. The molecular formula is C20H26N4O4S. The highest BCUT2D eigenvalue weighted by molar-refractivity contribution is 7.99. The number of nitrogens with zero attached hydrogens (tertiary/aromatic N) is 2. The van der Waals surface area contributed by atoms with E-state index in [1.165, 1.54) is 18.9 Å². The van der Waals surface area contributed by atoms with Crippen LogP contribution in [0.5, 0.6) is 11.5 Å². The summed E-state index contributed by atoms with van der Waals surface area (Å²) < 4.78 is 10.4. The number of rotatable bonds is 8. The van der Waals surface area contributed by atoms with Crippen LogP contribution in [0.1, 0.15) is 24.6 Å². The van der Waals surface area contributed by atoms with Gasteiger partial charge >= 0.3 is 0 Å². The minimum absolute atomic E-state index is 0.115. The fourth-order valence-corrected chi connectivity index (χ4v) is 3.94. The number of carbonyl (C=O) groups excluding carboxylic acids is 1. The Balaban J connectivity index is 1.63. The molecule has 1 amide bonds. The molecule has 156 valence electrons. The van der Waals surface area contributed by atoms with Crippen LogP contribution in [-0.4, -0.2) is 53.8 Å². The van der Waals surface area contributed by atoms with Crippen molar-refractivity contribution in [1.29, 1.82) is 0 Å². The normalized spacial score (nSPS) is 13.6. The molecule has 0 bridgehead atoms. The summed E-state index contributed by atoms with van der Waals surface area (Å²) in [6.45, 7) is 4.64. The van der Waals surface area contributed by atoms with Gasteiger partial charge in [-0.2, -0.15) is 0 Å².